The van der Waals surface area contributed by atoms with Gasteiger partial charge in [0.15, 0.2) is 0 Å². The summed E-state index contributed by atoms with van der Waals surface area (Å²) < 4.78 is 2.03. The molecule has 0 saturated carbocycles. The van der Waals surface area contributed by atoms with Crippen LogP contribution in [0.25, 0.3) is 22.2 Å². The highest BCUT2D eigenvalue weighted by Gasteiger charge is 2.18. The molecule has 3 heterocycles. The van der Waals surface area contributed by atoms with Gasteiger partial charge in [0.1, 0.15) is 43.0 Å². The van der Waals surface area contributed by atoms with Crippen molar-refractivity contribution in [1.29, 1.82) is 0 Å². The lowest BCUT2D eigenvalue weighted by Crippen LogP contribution is -2.49. The first-order valence-electron chi connectivity index (χ1n) is 10.3. The summed E-state index contributed by atoms with van der Waals surface area (Å²) in [5.41, 5.74) is 9.01. The third-order valence-electron chi connectivity index (χ3n) is 6.55. The zero-order valence-corrected chi connectivity index (χ0v) is 19.1. The molecular weight excluding hydrogens is 382 g/mol. The maximum atomic E-state index is 13.2. The van der Waals surface area contributed by atoms with E-state index in [4.69, 9.17) is 0 Å². The number of imidazole rings is 1. The van der Waals surface area contributed by atoms with Gasteiger partial charge in [-0.25, -0.2) is 9.97 Å². The molecule has 10 heteroatoms. The number of amides is 1. The smallest absolute Gasteiger partial charge is 0.255 e. The van der Waals surface area contributed by atoms with Gasteiger partial charge in [0.25, 0.3) is 5.91 Å². The maximum absolute atomic E-state index is 13.2. The minimum absolute atomic E-state index is 0.139. The number of anilines is 1. The second-order valence-electron chi connectivity index (χ2n) is 8.19. The minimum atomic E-state index is -0.139. The number of fused-ring (bicyclic) bond motifs is 1. The Labute approximate surface area is 185 Å². The molecule has 0 fully saturated rings. The quantitative estimate of drug-likeness (QED) is 0.368. The van der Waals surface area contributed by atoms with Crippen LogP contribution in [-0.4, -0.2) is 56.8 Å². The van der Waals surface area contributed by atoms with Gasteiger partial charge in [-0.15, -0.1) is 0 Å². The number of nitrogens with one attached hydrogen (secondary N) is 1. The molecule has 0 atom stereocenters. The van der Waals surface area contributed by atoms with Gasteiger partial charge in [0.2, 0.25) is 0 Å². The molecule has 4 rings (SSSR count). The number of aryl methyl sites for hydroxylation is 1. The van der Waals surface area contributed by atoms with E-state index in [1.54, 1.807) is 6.20 Å². The van der Waals surface area contributed by atoms with Crippen molar-refractivity contribution in [3.63, 3.8) is 0 Å². The lowest BCUT2D eigenvalue weighted by atomic mass is 9.64. The highest BCUT2D eigenvalue weighted by atomic mass is 16.1. The van der Waals surface area contributed by atoms with Gasteiger partial charge in [-0.1, -0.05) is 27.4 Å². The van der Waals surface area contributed by atoms with Crippen LogP contribution in [0.2, 0.25) is 0 Å². The van der Waals surface area contributed by atoms with E-state index >= 15 is 0 Å². The van der Waals surface area contributed by atoms with Gasteiger partial charge in [0.05, 0.1) is 23.6 Å². The fourth-order valence-electron chi connectivity index (χ4n) is 4.03. The number of benzene rings is 1. The molecule has 1 aromatic carbocycles. The summed E-state index contributed by atoms with van der Waals surface area (Å²) >= 11 is 0. The second kappa shape index (κ2) is 7.76. The van der Waals surface area contributed by atoms with Crippen LogP contribution in [0.3, 0.4) is 0 Å². The number of hydrogen-bond donors (Lipinski definition) is 1. The van der Waals surface area contributed by atoms with Crippen molar-refractivity contribution in [2.75, 3.05) is 5.32 Å². The van der Waals surface area contributed by atoms with E-state index in [0.29, 0.717) is 5.82 Å². The number of pyridine rings is 2. The van der Waals surface area contributed by atoms with E-state index < -0.39 is 0 Å². The van der Waals surface area contributed by atoms with Gasteiger partial charge in [-0.2, -0.15) is 0 Å². The molecule has 0 unspecified atom stereocenters. The SMILES string of the molecule is Bc1c(B)c(C(=O)Nc2cc3cc(-c4cnc(C)n4C)cnc3cn2)c(B)c(B)c1C. The molecule has 150 valence electrons. The highest BCUT2D eigenvalue weighted by Crippen LogP contribution is 2.24. The van der Waals surface area contributed by atoms with Gasteiger partial charge < -0.3 is 9.88 Å². The molecule has 0 spiro atoms. The number of aromatic nitrogens is 4. The average molecular weight is 405 g/mol. The van der Waals surface area contributed by atoms with E-state index in [9.17, 15) is 4.79 Å². The monoisotopic (exact) mass is 405 g/mol. The maximum Gasteiger partial charge on any atom is 0.255 e. The molecule has 0 aliphatic carbocycles. The Morgan fingerprint density at radius 2 is 1.58 bits per heavy atom. The lowest BCUT2D eigenvalue weighted by molar-refractivity contribution is 0.102. The van der Waals surface area contributed by atoms with Crippen LogP contribution in [0.5, 0.6) is 0 Å². The summed E-state index contributed by atoms with van der Waals surface area (Å²) in [4.78, 5) is 26.5. The Balaban J connectivity index is 1.71. The number of nitrogens with zero attached hydrogens (tertiary/aromatic N) is 4. The van der Waals surface area contributed by atoms with Crippen LogP contribution < -0.4 is 27.2 Å². The van der Waals surface area contributed by atoms with Crippen molar-refractivity contribution >= 4 is 75.9 Å². The van der Waals surface area contributed by atoms with E-state index in [-0.39, 0.29) is 5.91 Å². The van der Waals surface area contributed by atoms with E-state index in [2.05, 4.69) is 42.9 Å². The number of hydrogen-bond acceptors (Lipinski definition) is 4. The molecular formula is C21H23B4N5O. The van der Waals surface area contributed by atoms with Gasteiger partial charge in [-0.05, 0) is 26.0 Å². The highest BCUT2D eigenvalue weighted by molar-refractivity contribution is 6.60. The second-order valence-corrected chi connectivity index (χ2v) is 8.19. The molecule has 0 saturated heterocycles. The minimum Gasteiger partial charge on any atom is -0.331 e. The molecule has 1 N–H and O–H groups in total. The lowest BCUT2D eigenvalue weighted by Gasteiger charge is -2.19. The van der Waals surface area contributed by atoms with Gasteiger partial charge >= 0.3 is 0 Å². The first-order valence-corrected chi connectivity index (χ1v) is 10.3. The zero-order valence-electron chi connectivity index (χ0n) is 19.1. The molecule has 6 nitrogen and oxygen atoms in total. The average Bonchev–Trinajstić information content (AvgIpc) is 3.09. The molecule has 0 aliphatic heterocycles. The standard InChI is InChI=1S/C21H23B4N5O/c1-9-17(22)19(24)16(20(25)18(9)23)21(31)29-15-5-11-4-12(6-27-13(11)7-28-15)14-8-26-10(2)30(14)3/h4-8H,22-25H2,1-3H3,(H,28,29,31). The third-order valence-corrected chi connectivity index (χ3v) is 6.55. The molecule has 1 amide bonds. The number of carbonyl (C=O) groups is 1. The van der Waals surface area contributed by atoms with Crippen LogP contribution in [-0.2, 0) is 7.05 Å². The van der Waals surface area contributed by atoms with Crippen molar-refractivity contribution in [3.05, 3.63) is 47.7 Å². The van der Waals surface area contributed by atoms with Crippen LogP contribution in [0.4, 0.5) is 5.82 Å². The normalized spacial score (nSPS) is 11.1. The van der Waals surface area contributed by atoms with Crippen molar-refractivity contribution in [3.8, 4) is 11.3 Å². The van der Waals surface area contributed by atoms with Crippen LogP contribution >= 0.6 is 0 Å². The van der Waals surface area contributed by atoms with Crippen molar-refractivity contribution in [2.24, 2.45) is 7.05 Å². The Kier molecular flexibility index (Phi) is 5.25. The van der Waals surface area contributed by atoms with Crippen molar-refractivity contribution in [1.82, 2.24) is 19.5 Å². The summed E-state index contributed by atoms with van der Waals surface area (Å²) in [6.07, 6.45) is 5.35. The van der Waals surface area contributed by atoms with Crippen LogP contribution in [0.15, 0.2) is 30.7 Å². The summed E-state index contributed by atoms with van der Waals surface area (Å²) in [6, 6.07) is 3.92. The molecule has 31 heavy (non-hydrogen) atoms. The van der Waals surface area contributed by atoms with Crippen molar-refractivity contribution < 1.29 is 4.79 Å². The molecule has 4 aromatic rings. The molecule has 0 aliphatic rings. The van der Waals surface area contributed by atoms with E-state index in [1.807, 2.05) is 58.8 Å². The fraction of sp³-hybridized carbons (Fsp3) is 0.143. The Bertz CT molecular complexity index is 1340. The predicted octanol–water partition coefficient (Wildman–Crippen LogP) is -3.07. The molecule has 3 aromatic heterocycles. The van der Waals surface area contributed by atoms with Crippen molar-refractivity contribution in [2.45, 2.75) is 13.8 Å². The fourth-order valence-corrected chi connectivity index (χ4v) is 4.03. The molecule has 0 radical (unpaired) electrons. The van der Waals surface area contributed by atoms with Gasteiger partial charge in [-0.3, -0.25) is 9.78 Å². The topological polar surface area (TPSA) is 72.7 Å². The Morgan fingerprint density at radius 3 is 2.19 bits per heavy atom. The summed E-state index contributed by atoms with van der Waals surface area (Å²) in [7, 11) is 10.1. The Morgan fingerprint density at radius 1 is 0.903 bits per heavy atom. The Hall–Kier alpha value is -3.28. The largest absolute Gasteiger partial charge is 0.331 e. The first kappa shape index (κ1) is 21.0. The summed E-state index contributed by atoms with van der Waals surface area (Å²) in [5, 5.41) is 3.89. The number of carbonyl (C=O) groups excluding carboxylic acids is 1. The van der Waals surface area contributed by atoms with E-state index in [0.717, 1.165) is 55.4 Å². The third kappa shape index (κ3) is 3.56. The van der Waals surface area contributed by atoms with Crippen LogP contribution in [0, 0.1) is 13.8 Å². The number of rotatable bonds is 3. The zero-order chi connectivity index (χ0) is 22.4. The molecule has 0 bridgehead atoms. The predicted molar refractivity (Wildman–Crippen MR) is 138 cm³/mol. The summed E-state index contributed by atoms with van der Waals surface area (Å²) in [5.74, 6) is 1.30. The van der Waals surface area contributed by atoms with Gasteiger partial charge in [0, 0.05) is 29.8 Å². The first-order chi connectivity index (χ1) is 14.7. The van der Waals surface area contributed by atoms with E-state index in [1.165, 1.54) is 5.56 Å². The van der Waals surface area contributed by atoms with Crippen LogP contribution in [0.1, 0.15) is 21.7 Å². The summed E-state index contributed by atoms with van der Waals surface area (Å²) in [6.45, 7) is 4.07.